The van der Waals surface area contributed by atoms with Crippen LogP contribution >= 0.6 is 11.6 Å². The molecule has 5 heteroatoms. The van der Waals surface area contributed by atoms with Gasteiger partial charge in [0.05, 0.1) is 5.02 Å². The molecule has 19 heavy (non-hydrogen) atoms. The van der Waals surface area contributed by atoms with Crippen molar-refractivity contribution in [2.24, 2.45) is 5.92 Å². The molecule has 1 heterocycles. The lowest BCUT2D eigenvalue weighted by molar-refractivity contribution is 0.0887. The van der Waals surface area contributed by atoms with E-state index in [-0.39, 0.29) is 17.5 Å². The summed E-state index contributed by atoms with van der Waals surface area (Å²) in [7, 11) is 0. The molecule has 104 valence electrons. The Hall–Kier alpha value is -1.10. The molecular formula is C14H19ClN2O2. The van der Waals surface area contributed by atoms with Crippen molar-refractivity contribution in [1.29, 1.82) is 0 Å². The van der Waals surface area contributed by atoms with E-state index in [9.17, 15) is 9.90 Å². The van der Waals surface area contributed by atoms with Crippen molar-refractivity contribution in [1.82, 2.24) is 10.2 Å². The third kappa shape index (κ3) is 3.69. The number of nitrogens with zero attached hydrogens (tertiary/aromatic N) is 1. The summed E-state index contributed by atoms with van der Waals surface area (Å²) in [5.74, 6) is 0.0139. The van der Waals surface area contributed by atoms with E-state index in [1.807, 2.05) is 6.92 Å². The Morgan fingerprint density at radius 1 is 1.47 bits per heavy atom. The highest BCUT2D eigenvalue weighted by Crippen LogP contribution is 2.24. The van der Waals surface area contributed by atoms with E-state index in [2.05, 4.69) is 10.2 Å². The lowest BCUT2D eigenvalue weighted by Gasteiger charge is -2.29. The van der Waals surface area contributed by atoms with Crippen molar-refractivity contribution in [2.75, 3.05) is 32.7 Å². The fourth-order valence-corrected chi connectivity index (χ4v) is 2.60. The van der Waals surface area contributed by atoms with E-state index in [4.69, 9.17) is 11.6 Å². The monoisotopic (exact) mass is 282 g/mol. The second-order valence-electron chi connectivity index (χ2n) is 4.98. The van der Waals surface area contributed by atoms with Crippen LogP contribution in [0.5, 0.6) is 5.75 Å². The van der Waals surface area contributed by atoms with Gasteiger partial charge in [-0.2, -0.15) is 0 Å². The van der Waals surface area contributed by atoms with Crippen LogP contribution in [0.25, 0.3) is 0 Å². The fraction of sp³-hybridized carbons (Fsp3) is 0.500. The molecule has 0 saturated carbocycles. The number of carbonyl (C=O) groups is 1. The maximum absolute atomic E-state index is 12.3. The first kappa shape index (κ1) is 14.3. The summed E-state index contributed by atoms with van der Waals surface area (Å²) in [5, 5.41) is 12.9. The zero-order valence-electron chi connectivity index (χ0n) is 11.0. The summed E-state index contributed by atoms with van der Waals surface area (Å²) in [6, 6.07) is 4.50. The van der Waals surface area contributed by atoms with Crippen LogP contribution in [-0.2, 0) is 0 Å². The SMILES string of the molecule is CC(CN1CCNCC1)C(=O)c1ccc(O)cc1Cl. The summed E-state index contributed by atoms with van der Waals surface area (Å²) in [6.45, 7) is 6.56. The van der Waals surface area contributed by atoms with Crippen LogP contribution in [0.2, 0.25) is 5.02 Å². The highest BCUT2D eigenvalue weighted by atomic mass is 35.5. The number of nitrogens with one attached hydrogen (secondary N) is 1. The third-order valence-electron chi connectivity index (χ3n) is 3.41. The highest BCUT2D eigenvalue weighted by molar-refractivity contribution is 6.34. The number of piperazine rings is 1. The maximum atomic E-state index is 12.3. The fourth-order valence-electron chi connectivity index (χ4n) is 2.33. The Kier molecular flexibility index (Phi) is 4.80. The van der Waals surface area contributed by atoms with Gasteiger partial charge in [-0.3, -0.25) is 4.79 Å². The van der Waals surface area contributed by atoms with Gasteiger partial charge in [0, 0.05) is 44.2 Å². The number of hydrogen-bond acceptors (Lipinski definition) is 4. The van der Waals surface area contributed by atoms with E-state index in [1.54, 1.807) is 6.07 Å². The van der Waals surface area contributed by atoms with E-state index < -0.39 is 0 Å². The summed E-state index contributed by atoms with van der Waals surface area (Å²) in [6.07, 6.45) is 0. The summed E-state index contributed by atoms with van der Waals surface area (Å²) >= 11 is 6.01. The van der Waals surface area contributed by atoms with Gasteiger partial charge in [-0.1, -0.05) is 18.5 Å². The van der Waals surface area contributed by atoms with Gasteiger partial charge in [0.1, 0.15) is 5.75 Å². The molecular weight excluding hydrogens is 264 g/mol. The lowest BCUT2D eigenvalue weighted by Crippen LogP contribution is -2.45. The second kappa shape index (κ2) is 6.37. The first-order valence-corrected chi connectivity index (χ1v) is 6.91. The highest BCUT2D eigenvalue weighted by Gasteiger charge is 2.21. The molecule has 0 aliphatic carbocycles. The number of halogens is 1. The number of Topliss-reactive ketones (excluding diaryl/α,β-unsaturated/α-hetero) is 1. The van der Waals surface area contributed by atoms with Crippen LogP contribution in [-0.4, -0.2) is 48.5 Å². The van der Waals surface area contributed by atoms with E-state index in [0.717, 1.165) is 32.7 Å². The van der Waals surface area contributed by atoms with Gasteiger partial charge in [-0.05, 0) is 18.2 Å². The zero-order chi connectivity index (χ0) is 13.8. The van der Waals surface area contributed by atoms with Gasteiger partial charge >= 0.3 is 0 Å². The van der Waals surface area contributed by atoms with Gasteiger partial charge in [0.25, 0.3) is 0 Å². The smallest absolute Gasteiger partial charge is 0.168 e. The average molecular weight is 283 g/mol. The van der Waals surface area contributed by atoms with Gasteiger partial charge in [-0.25, -0.2) is 0 Å². The molecule has 0 bridgehead atoms. The van der Waals surface area contributed by atoms with E-state index in [0.29, 0.717) is 10.6 Å². The van der Waals surface area contributed by atoms with Crippen LogP contribution in [0.1, 0.15) is 17.3 Å². The second-order valence-corrected chi connectivity index (χ2v) is 5.39. The number of phenols is 1. The minimum absolute atomic E-state index is 0.0310. The molecule has 2 rings (SSSR count). The van der Waals surface area contributed by atoms with Crippen LogP contribution in [0, 0.1) is 5.92 Å². The number of aromatic hydroxyl groups is 1. The molecule has 1 saturated heterocycles. The number of rotatable bonds is 4. The Morgan fingerprint density at radius 3 is 2.79 bits per heavy atom. The normalized spacial score (nSPS) is 18.2. The number of carbonyl (C=O) groups excluding carboxylic acids is 1. The standard InChI is InChI=1S/C14H19ClN2O2/c1-10(9-17-6-4-16-5-7-17)14(19)12-3-2-11(18)8-13(12)15/h2-3,8,10,16,18H,4-7,9H2,1H3. The minimum Gasteiger partial charge on any atom is -0.508 e. The maximum Gasteiger partial charge on any atom is 0.168 e. The molecule has 0 spiro atoms. The van der Waals surface area contributed by atoms with Gasteiger partial charge < -0.3 is 15.3 Å². The van der Waals surface area contributed by atoms with Gasteiger partial charge in [-0.15, -0.1) is 0 Å². The average Bonchev–Trinajstić information content (AvgIpc) is 2.39. The Labute approximate surface area is 118 Å². The molecule has 1 unspecified atom stereocenters. The third-order valence-corrected chi connectivity index (χ3v) is 3.72. The molecule has 0 aromatic heterocycles. The molecule has 1 fully saturated rings. The van der Waals surface area contributed by atoms with Crippen molar-refractivity contribution in [2.45, 2.75) is 6.92 Å². The number of ketones is 1. The number of phenolic OH excluding ortho intramolecular Hbond substituents is 1. The van der Waals surface area contributed by atoms with Crippen molar-refractivity contribution < 1.29 is 9.90 Å². The molecule has 4 nitrogen and oxygen atoms in total. The van der Waals surface area contributed by atoms with Crippen molar-refractivity contribution in [3.8, 4) is 5.75 Å². The quantitative estimate of drug-likeness (QED) is 0.827. The van der Waals surface area contributed by atoms with Crippen LogP contribution in [0.3, 0.4) is 0 Å². The molecule has 1 aromatic rings. The van der Waals surface area contributed by atoms with Gasteiger partial charge in [0.15, 0.2) is 5.78 Å². The van der Waals surface area contributed by atoms with Crippen molar-refractivity contribution in [3.63, 3.8) is 0 Å². The van der Waals surface area contributed by atoms with Crippen LogP contribution < -0.4 is 5.32 Å². The predicted molar refractivity (Wildman–Crippen MR) is 75.9 cm³/mol. The van der Waals surface area contributed by atoms with E-state index >= 15 is 0 Å². The summed E-state index contributed by atoms with van der Waals surface area (Å²) in [5.41, 5.74) is 0.488. The molecule has 1 atom stereocenters. The van der Waals surface area contributed by atoms with Crippen LogP contribution in [0.15, 0.2) is 18.2 Å². The first-order valence-electron chi connectivity index (χ1n) is 6.53. The molecule has 1 aromatic carbocycles. The summed E-state index contributed by atoms with van der Waals surface area (Å²) < 4.78 is 0. The van der Waals surface area contributed by atoms with Gasteiger partial charge in [0.2, 0.25) is 0 Å². The van der Waals surface area contributed by atoms with Crippen molar-refractivity contribution in [3.05, 3.63) is 28.8 Å². The zero-order valence-corrected chi connectivity index (χ0v) is 11.8. The molecule has 1 aliphatic heterocycles. The lowest BCUT2D eigenvalue weighted by atomic mass is 9.98. The largest absolute Gasteiger partial charge is 0.508 e. The topological polar surface area (TPSA) is 52.6 Å². The van der Waals surface area contributed by atoms with E-state index in [1.165, 1.54) is 12.1 Å². The Morgan fingerprint density at radius 2 is 2.16 bits per heavy atom. The minimum atomic E-state index is -0.0971. The molecule has 0 amide bonds. The number of benzene rings is 1. The molecule has 1 aliphatic rings. The predicted octanol–water partition coefficient (Wildman–Crippen LogP) is 1.77. The molecule has 2 N–H and O–H groups in total. The Balaban J connectivity index is 2.01. The Bertz CT molecular complexity index is 459. The van der Waals surface area contributed by atoms with Crippen molar-refractivity contribution >= 4 is 17.4 Å². The summed E-state index contributed by atoms with van der Waals surface area (Å²) in [4.78, 5) is 14.6. The molecule has 0 radical (unpaired) electrons. The van der Waals surface area contributed by atoms with Crippen LogP contribution in [0.4, 0.5) is 0 Å². The number of hydrogen-bond donors (Lipinski definition) is 2. The first-order chi connectivity index (χ1) is 9.08.